The van der Waals surface area contributed by atoms with Gasteiger partial charge in [-0.3, -0.25) is 9.59 Å². The molecule has 0 atom stereocenters. The average Bonchev–Trinajstić information content (AvgIpc) is 2.74. The van der Waals surface area contributed by atoms with Crippen molar-refractivity contribution in [2.24, 2.45) is 0 Å². The van der Waals surface area contributed by atoms with Gasteiger partial charge in [0.25, 0.3) is 11.5 Å². The van der Waals surface area contributed by atoms with Crippen LogP contribution in [0.1, 0.15) is 29.2 Å². The van der Waals surface area contributed by atoms with Crippen molar-refractivity contribution in [2.45, 2.75) is 18.9 Å². The number of hydrogen-bond donors (Lipinski definition) is 0. The van der Waals surface area contributed by atoms with E-state index in [0.29, 0.717) is 48.1 Å². The molecule has 2 aromatic carbocycles. The summed E-state index contributed by atoms with van der Waals surface area (Å²) < 4.78 is 6.76. The molecule has 7 nitrogen and oxygen atoms in total. The van der Waals surface area contributed by atoms with Crippen LogP contribution in [0.15, 0.2) is 53.3 Å². The predicted octanol–water partition coefficient (Wildman–Crippen LogP) is 2.28. The van der Waals surface area contributed by atoms with Crippen LogP contribution in [0.3, 0.4) is 0 Å². The van der Waals surface area contributed by atoms with Gasteiger partial charge in [-0.1, -0.05) is 29.5 Å². The smallest absolute Gasteiger partial charge is 0.277 e. The molecular weight excluding hydrogens is 344 g/mol. The first-order valence-electron chi connectivity index (χ1n) is 8.95. The number of para-hydroxylation sites is 1. The molecule has 27 heavy (non-hydrogen) atoms. The molecule has 138 valence electrons. The third-order valence-corrected chi connectivity index (χ3v) is 5.03. The fraction of sp³-hybridized carbons (Fsp3) is 0.300. The molecule has 1 aliphatic heterocycles. The van der Waals surface area contributed by atoms with E-state index in [4.69, 9.17) is 4.74 Å². The maximum absolute atomic E-state index is 12.8. The summed E-state index contributed by atoms with van der Waals surface area (Å²) in [5, 5.41) is 8.84. The van der Waals surface area contributed by atoms with Crippen molar-refractivity contribution in [3.05, 3.63) is 64.4 Å². The Labute approximate surface area is 156 Å². The molecule has 1 aromatic heterocycles. The summed E-state index contributed by atoms with van der Waals surface area (Å²) in [6.45, 7) is 1.12. The highest BCUT2D eigenvalue weighted by molar-refractivity contribution is 5.97. The lowest BCUT2D eigenvalue weighted by molar-refractivity contribution is 0.0683. The number of carbonyl (C=O) groups is 1. The van der Waals surface area contributed by atoms with Gasteiger partial charge < -0.3 is 9.64 Å². The summed E-state index contributed by atoms with van der Waals surface area (Å²) in [6, 6.07) is 14.4. The Morgan fingerprint density at radius 2 is 1.78 bits per heavy atom. The minimum atomic E-state index is -0.130. The van der Waals surface area contributed by atoms with Crippen LogP contribution in [-0.2, 0) is 0 Å². The number of aromatic nitrogens is 3. The summed E-state index contributed by atoms with van der Waals surface area (Å²) in [4.78, 5) is 27.3. The van der Waals surface area contributed by atoms with Gasteiger partial charge in [0.15, 0.2) is 0 Å². The maximum Gasteiger partial charge on any atom is 0.277 e. The number of amides is 1. The number of methoxy groups -OCH3 is 1. The molecule has 4 rings (SSSR count). The van der Waals surface area contributed by atoms with E-state index in [0.717, 1.165) is 0 Å². The Balaban J connectivity index is 1.52. The molecule has 1 saturated heterocycles. The van der Waals surface area contributed by atoms with E-state index < -0.39 is 0 Å². The van der Waals surface area contributed by atoms with Crippen molar-refractivity contribution in [1.29, 1.82) is 0 Å². The highest BCUT2D eigenvalue weighted by Crippen LogP contribution is 2.25. The van der Waals surface area contributed by atoms with Gasteiger partial charge in [0, 0.05) is 13.1 Å². The highest BCUT2D eigenvalue weighted by Gasteiger charge is 2.27. The second kappa shape index (κ2) is 7.19. The van der Waals surface area contributed by atoms with E-state index in [9.17, 15) is 9.59 Å². The van der Waals surface area contributed by atoms with Crippen LogP contribution in [-0.4, -0.2) is 46.0 Å². The van der Waals surface area contributed by atoms with Crippen LogP contribution in [0.4, 0.5) is 0 Å². The Hall–Kier alpha value is -3.22. The summed E-state index contributed by atoms with van der Waals surface area (Å²) in [6.07, 6.45) is 1.32. The van der Waals surface area contributed by atoms with Crippen molar-refractivity contribution in [3.8, 4) is 5.75 Å². The molecule has 1 aliphatic rings. The number of fused-ring (bicyclic) bond motifs is 1. The Bertz CT molecular complexity index is 1040. The van der Waals surface area contributed by atoms with Gasteiger partial charge in [-0.05, 0) is 37.1 Å². The van der Waals surface area contributed by atoms with E-state index in [1.807, 2.05) is 24.3 Å². The van der Waals surface area contributed by atoms with Gasteiger partial charge in [0.2, 0.25) is 0 Å². The van der Waals surface area contributed by atoms with Crippen molar-refractivity contribution >= 4 is 16.8 Å². The molecule has 0 unspecified atom stereocenters. The summed E-state index contributed by atoms with van der Waals surface area (Å²) in [7, 11) is 1.56. The third-order valence-electron chi connectivity index (χ3n) is 5.03. The Morgan fingerprint density at radius 1 is 1.07 bits per heavy atom. The highest BCUT2D eigenvalue weighted by atomic mass is 16.5. The first kappa shape index (κ1) is 17.2. The first-order valence-corrected chi connectivity index (χ1v) is 8.95. The Morgan fingerprint density at radius 3 is 2.56 bits per heavy atom. The van der Waals surface area contributed by atoms with Gasteiger partial charge in [-0.2, -0.15) is 0 Å². The van der Waals surface area contributed by atoms with Crippen LogP contribution in [0, 0.1) is 0 Å². The lowest BCUT2D eigenvalue weighted by atomic mass is 10.0. The van der Waals surface area contributed by atoms with E-state index in [-0.39, 0.29) is 17.5 Å². The lowest BCUT2D eigenvalue weighted by Crippen LogP contribution is -2.41. The monoisotopic (exact) mass is 364 g/mol. The third kappa shape index (κ3) is 3.16. The van der Waals surface area contributed by atoms with E-state index in [1.54, 1.807) is 36.3 Å². The molecule has 0 aliphatic carbocycles. The molecule has 0 spiro atoms. The van der Waals surface area contributed by atoms with Crippen LogP contribution >= 0.6 is 0 Å². The maximum atomic E-state index is 12.8. The number of carbonyl (C=O) groups excluding carboxylic acids is 1. The number of ether oxygens (including phenoxy) is 1. The minimum absolute atomic E-state index is 0.0529. The molecule has 0 bridgehead atoms. The molecular formula is C20H20N4O3. The molecule has 1 amide bonds. The number of rotatable bonds is 3. The standard InChI is InChI=1S/C20H20N4O3/c1-27-18-9-5-3-7-16(18)19(25)23-12-10-14(11-13-23)24-20(26)15-6-2-4-8-17(15)21-22-24/h2-9,14H,10-13H2,1H3. The van der Waals surface area contributed by atoms with Crippen LogP contribution in [0.2, 0.25) is 0 Å². The quantitative estimate of drug-likeness (QED) is 0.713. The predicted molar refractivity (Wildman–Crippen MR) is 101 cm³/mol. The molecule has 0 saturated carbocycles. The number of hydrogen-bond acceptors (Lipinski definition) is 5. The topological polar surface area (TPSA) is 77.3 Å². The number of nitrogens with zero attached hydrogens (tertiary/aromatic N) is 4. The molecule has 7 heteroatoms. The summed E-state index contributed by atoms with van der Waals surface area (Å²) >= 11 is 0. The number of piperidine rings is 1. The number of benzene rings is 2. The Kier molecular flexibility index (Phi) is 4.58. The van der Waals surface area contributed by atoms with Crippen molar-refractivity contribution in [2.75, 3.05) is 20.2 Å². The molecule has 0 radical (unpaired) electrons. The second-order valence-electron chi connectivity index (χ2n) is 6.58. The molecule has 1 fully saturated rings. The lowest BCUT2D eigenvalue weighted by Gasteiger charge is -2.32. The van der Waals surface area contributed by atoms with Crippen LogP contribution < -0.4 is 10.3 Å². The van der Waals surface area contributed by atoms with Gasteiger partial charge in [0.1, 0.15) is 11.3 Å². The second-order valence-corrected chi connectivity index (χ2v) is 6.58. The SMILES string of the molecule is COc1ccccc1C(=O)N1CCC(n2nnc3ccccc3c2=O)CC1. The van der Waals surface area contributed by atoms with Crippen molar-refractivity contribution < 1.29 is 9.53 Å². The zero-order valence-electron chi connectivity index (χ0n) is 15.0. The van der Waals surface area contributed by atoms with Gasteiger partial charge in [-0.25, -0.2) is 4.68 Å². The van der Waals surface area contributed by atoms with Crippen molar-refractivity contribution in [3.63, 3.8) is 0 Å². The fourth-order valence-electron chi connectivity index (χ4n) is 3.55. The first-order chi connectivity index (χ1) is 13.2. The zero-order valence-corrected chi connectivity index (χ0v) is 15.0. The van der Waals surface area contributed by atoms with Gasteiger partial charge in [0.05, 0.1) is 24.1 Å². The number of likely N-dealkylation sites (tertiary alicyclic amines) is 1. The molecule has 0 N–H and O–H groups in total. The van der Waals surface area contributed by atoms with E-state index >= 15 is 0 Å². The van der Waals surface area contributed by atoms with Crippen LogP contribution in [0.5, 0.6) is 5.75 Å². The zero-order chi connectivity index (χ0) is 18.8. The fourth-order valence-corrected chi connectivity index (χ4v) is 3.55. The average molecular weight is 364 g/mol. The normalized spacial score (nSPS) is 15.1. The van der Waals surface area contributed by atoms with E-state index in [1.165, 1.54) is 4.68 Å². The largest absolute Gasteiger partial charge is 0.496 e. The van der Waals surface area contributed by atoms with E-state index in [2.05, 4.69) is 10.3 Å². The van der Waals surface area contributed by atoms with Crippen molar-refractivity contribution in [1.82, 2.24) is 19.9 Å². The van der Waals surface area contributed by atoms with Gasteiger partial charge >= 0.3 is 0 Å². The van der Waals surface area contributed by atoms with Crippen LogP contribution in [0.25, 0.3) is 10.9 Å². The minimum Gasteiger partial charge on any atom is -0.496 e. The molecule has 3 aromatic rings. The summed E-state index contributed by atoms with van der Waals surface area (Å²) in [5.74, 6) is 0.518. The molecule has 2 heterocycles. The summed E-state index contributed by atoms with van der Waals surface area (Å²) in [5.41, 5.74) is 1.03. The van der Waals surface area contributed by atoms with Gasteiger partial charge in [-0.15, -0.1) is 5.10 Å².